The lowest BCUT2D eigenvalue weighted by molar-refractivity contribution is 0.136. The second kappa shape index (κ2) is 5.15. The summed E-state index contributed by atoms with van der Waals surface area (Å²) in [6.07, 6.45) is 5.97. The molecule has 2 fully saturated rings. The quantitative estimate of drug-likeness (QED) is 0.841. The van der Waals surface area contributed by atoms with Crippen molar-refractivity contribution in [2.45, 2.75) is 50.8 Å². The van der Waals surface area contributed by atoms with Gasteiger partial charge in [-0.05, 0) is 38.5 Å². The highest BCUT2D eigenvalue weighted by Gasteiger charge is 2.38. The Hall–Kier alpha value is -0.880. The Balaban J connectivity index is 1.85. The first kappa shape index (κ1) is 14.1. The van der Waals surface area contributed by atoms with Crippen molar-refractivity contribution in [1.82, 2.24) is 9.46 Å². The molecule has 0 bridgehead atoms. The zero-order chi connectivity index (χ0) is 14.3. The molecule has 1 saturated carbocycles. The molecule has 20 heavy (non-hydrogen) atoms. The Morgan fingerprint density at radius 1 is 1.15 bits per heavy atom. The summed E-state index contributed by atoms with van der Waals surface area (Å²) < 4.78 is 32.2. The van der Waals surface area contributed by atoms with E-state index in [0.717, 1.165) is 18.8 Å². The first-order valence-corrected chi connectivity index (χ1v) is 8.87. The maximum Gasteiger partial charge on any atom is 0.248 e. The summed E-state index contributed by atoms with van der Waals surface area (Å²) >= 11 is 0. The van der Waals surface area contributed by atoms with Gasteiger partial charge in [-0.2, -0.15) is 4.31 Å². The first-order valence-electron chi connectivity index (χ1n) is 7.43. The van der Waals surface area contributed by atoms with Gasteiger partial charge in [-0.3, -0.25) is 0 Å². The third-order valence-electron chi connectivity index (χ3n) is 4.82. The number of aryl methyl sites for hydroxylation is 2. The molecule has 0 amide bonds. The van der Waals surface area contributed by atoms with Crippen molar-refractivity contribution in [3.8, 4) is 0 Å². The average Bonchev–Trinajstić information content (AvgIpc) is 2.78. The Morgan fingerprint density at radius 3 is 2.50 bits per heavy atom. The van der Waals surface area contributed by atoms with E-state index in [1.165, 1.54) is 19.3 Å². The molecule has 2 aliphatic rings. The molecule has 1 aliphatic carbocycles. The third-order valence-corrected chi connectivity index (χ3v) is 6.93. The van der Waals surface area contributed by atoms with Crippen LogP contribution in [0.4, 0.5) is 0 Å². The van der Waals surface area contributed by atoms with Crippen molar-refractivity contribution in [3.05, 3.63) is 11.5 Å². The van der Waals surface area contributed by atoms with Crippen LogP contribution in [0.15, 0.2) is 9.42 Å². The standard InChI is InChI=1S/C14H22N2O3S/c1-10-14(11(2)19-15-10)20(17,18)16-8-7-12-5-3-4-6-13(12)9-16/h12-13H,3-9H2,1-2H3/t12-,13-/m1/s1. The summed E-state index contributed by atoms with van der Waals surface area (Å²) in [7, 11) is -3.45. The fourth-order valence-corrected chi connectivity index (χ4v) is 5.56. The van der Waals surface area contributed by atoms with Crippen LogP contribution >= 0.6 is 0 Å². The van der Waals surface area contributed by atoms with Crippen molar-refractivity contribution in [2.75, 3.05) is 13.1 Å². The molecule has 0 aromatic carbocycles. The number of fused-ring (bicyclic) bond motifs is 1. The number of rotatable bonds is 2. The topological polar surface area (TPSA) is 63.4 Å². The number of hydrogen-bond acceptors (Lipinski definition) is 4. The highest BCUT2D eigenvalue weighted by molar-refractivity contribution is 7.89. The third kappa shape index (κ3) is 2.29. The molecule has 0 unspecified atom stereocenters. The van der Waals surface area contributed by atoms with Crippen molar-refractivity contribution >= 4 is 10.0 Å². The number of sulfonamides is 1. The van der Waals surface area contributed by atoms with E-state index in [9.17, 15) is 8.42 Å². The molecule has 112 valence electrons. The molecule has 5 nitrogen and oxygen atoms in total. The number of piperidine rings is 1. The smallest absolute Gasteiger partial charge is 0.248 e. The number of aromatic nitrogens is 1. The maximum absolute atomic E-state index is 12.8. The van der Waals surface area contributed by atoms with Crippen LogP contribution in [0.2, 0.25) is 0 Å². The summed E-state index contributed by atoms with van der Waals surface area (Å²) in [5, 5.41) is 3.78. The normalized spacial score (nSPS) is 28.3. The van der Waals surface area contributed by atoms with Crippen LogP contribution in [0.1, 0.15) is 43.6 Å². The van der Waals surface area contributed by atoms with Gasteiger partial charge in [0.2, 0.25) is 10.0 Å². The molecule has 1 saturated heterocycles. The Kier molecular flexibility index (Phi) is 3.62. The molecular formula is C14H22N2O3S. The number of hydrogen-bond donors (Lipinski definition) is 0. The van der Waals surface area contributed by atoms with Crippen LogP contribution in [0.25, 0.3) is 0 Å². The van der Waals surface area contributed by atoms with Gasteiger partial charge < -0.3 is 4.52 Å². The summed E-state index contributed by atoms with van der Waals surface area (Å²) in [6, 6.07) is 0. The second-order valence-electron chi connectivity index (χ2n) is 6.11. The van der Waals surface area contributed by atoms with E-state index in [2.05, 4.69) is 5.16 Å². The van der Waals surface area contributed by atoms with E-state index in [-0.39, 0.29) is 4.90 Å². The van der Waals surface area contributed by atoms with Crippen LogP contribution in [-0.2, 0) is 10.0 Å². The fourth-order valence-electron chi connectivity index (χ4n) is 3.76. The van der Waals surface area contributed by atoms with Crippen molar-refractivity contribution in [2.24, 2.45) is 11.8 Å². The number of nitrogens with zero attached hydrogens (tertiary/aromatic N) is 2. The lowest BCUT2D eigenvalue weighted by atomic mass is 9.76. The molecule has 2 atom stereocenters. The van der Waals surface area contributed by atoms with E-state index in [1.54, 1.807) is 18.2 Å². The lowest BCUT2D eigenvalue weighted by Gasteiger charge is -2.40. The van der Waals surface area contributed by atoms with Gasteiger partial charge in [-0.25, -0.2) is 8.42 Å². The SMILES string of the molecule is Cc1noc(C)c1S(=O)(=O)N1CC[C@H]2CCCC[C@@H]2C1. The minimum Gasteiger partial charge on any atom is -0.360 e. The van der Waals surface area contributed by atoms with Gasteiger partial charge in [-0.15, -0.1) is 0 Å². The Bertz CT molecular complexity index is 574. The predicted molar refractivity (Wildman–Crippen MR) is 74.8 cm³/mol. The van der Waals surface area contributed by atoms with Gasteiger partial charge in [-0.1, -0.05) is 24.4 Å². The molecule has 6 heteroatoms. The van der Waals surface area contributed by atoms with Gasteiger partial charge in [0.05, 0.1) is 0 Å². The zero-order valence-electron chi connectivity index (χ0n) is 12.1. The minimum atomic E-state index is -3.45. The van der Waals surface area contributed by atoms with Crippen LogP contribution in [0, 0.1) is 25.7 Å². The van der Waals surface area contributed by atoms with Crippen molar-refractivity contribution in [3.63, 3.8) is 0 Å². The summed E-state index contributed by atoms with van der Waals surface area (Å²) in [5.41, 5.74) is 0.466. The van der Waals surface area contributed by atoms with Gasteiger partial charge in [0.1, 0.15) is 10.6 Å². The molecule has 0 N–H and O–H groups in total. The van der Waals surface area contributed by atoms with Crippen molar-refractivity contribution in [1.29, 1.82) is 0 Å². The minimum absolute atomic E-state index is 0.270. The van der Waals surface area contributed by atoms with Crippen LogP contribution in [0.5, 0.6) is 0 Å². The van der Waals surface area contributed by atoms with Gasteiger partial charge in [0, 0.05) is 13.1 Å². The second-order valence-corrected chi connectivity index (χ2v) is 7.98. The van der Waals surface area contributed by atoms with E-state index in [0.29, 0.717) is 30.5 Å². The van der Waals surface area contributed by atoms with E-state index in [1.807, 2.05) is 0 Å². The lowest BCUT2D eigenvalue weighted by Crippen LogP contribution is -2.44. The summed E-state index contributed by atoms with van der Waals surface area (Å²) in [4.78, 5) is 0.270. The molecule has 2 heterocycles. The largest absolute Gasteiger partial charge is 0.360 e. The summed E-state index contributed by atoms with van der Waals surface area (Å²) in [5.74, 6) is 1.65. The monoisotopic (exact) mass is 298 g/mol. The van der Waals surface area contributed by atoms with Crippen molar-refractivity contribution < 1.29 is 12.9 Å². The summed E-state index contributed by atoms with van der Waals surface area (Å²) in [6.45, 7) is 4.65. The highest BCUT2D eigenvalue weighted by Crippen LogP contribution is 2.38. The van der Waals surface area contributed by atoms with Gasteiger partial charge in [0.25, 0.3) is 0 Å². The molecule has 0 spiro atoms. The molecule has 3 rings (SSSR count). The fraction of sp³-hybridized carbons (Fsp3) is 0.786. The van der Waals surface area contributed by atoms with E-state index >= 15 is 0 Å². The van der Waals surface area contributed by atoms with Gasteiger partial charge >= 0.3 is 0 Å². The highest BCUT2D eigenvalue weighted by atomic mass is 32.2. The Morgan fingerprint density at radius 2 is 1.85 bits per heavy atom. The molecule has 1 aromatic rings. The molecule has 1 aromatic heterocycles. The average molecular weight is 298 g/mol. The molecule has 1 aliphatic heterocycles. The zero-order valence-corrected chi connectivity index (χ0v) is 12.9. The Labute approximate surface area is 120 Å². The first-order chi connectivity index (χ1) is 9.50. The van der Waals surface area contributed by atoms with Crippen LogP contribution in [0.3, 0.4) is 0 Å². The molecule has 0 radical (unpaired) electrons. The van der Waals surface area contributed by atoms with Gasteiger partial charge in [0.15, 0.2) is 5.76 Å². The van der Waals surface area contributed by atoms with E-state index in [4.69, 9.17) is 4.52 Å². The maximum atomic E-state index is 12.8. The van der Waals surface area contributed by atoms with E-state index < -0.39 is 10.0 Å². The van der Waals surface area contributed by atoms with Crippen LogP contribution < -0.4 is 0 Å². The molecular weight excluding hydrogens is 276 g/mol. The van der Waals surface area contributed by atoms with Crippen LogP contribution in [-0.4, -0.2) is 31.0 Å². The predicted octanol–water partition coefficient (Wildman–Crippen LogP) is 2.49.